The number of aromatic hydroxyl groups is 1. The van der Waals surface area contributed by atoms with Gasteiger partial charge in [0.15, 0.2) is 22.6 Å². The highest BCUT2D eigenvalue weighted by molar-refractivity contribution is 6.33. The number of pyridine rings is 1. The van der Waals surface area contributed by atoms with Crippen LogP contribution in [-0.2, 0) is 29.5 Å². The zero-order valence-electron chi connectivity index (χ0n) is 30.2. The van der Waals surface area contributed by atoms with Crippen LogP contribution in [-0.4, -0.2) is 81.6 Å². The molecule has 7 rings (SSSR count). The van der Waals surface area contributed by atoms with Crippen molar-refractivity contribution >= 4 is 46.0 Å². The predicted octanol–water partition coefficient (Wildman–Crippen LogP) is 4.98. The third-order valence-corrected chi connectivity index (χ3v) is 10.5. The third-order valence-electron chi connectivity index (χ3n) is 10.2. The number of anilines is 2. The van der Waals surface area contributed by atoms with Crippen molar-refractivity contribution in [2.75, 3.05) is 23.3 Å². The van der Waals surface area contributed by atoms with Crippen molar-refractivity contribution in [1.29, 1.82) is 0 Å². The van der Waals surface area contributed by atoms with E-state index in [0.29, 0.717) is 35.5 Å². The number of carbonyl (C=O) groups excluding carboxylic acids is 2. The molecule has 0 spiro atoms. The fourth-order valence-corrected chi connectivity index (χ4v) is 7.45. The lowest BCUT2D eigenvalue weighted by molar-refractivity contribution is -0.137. The van der Waals surface area contributed by atoms with Gasteiger partial charge in [0, 0.05) is 24.8 Å². The molecule has 3 aromatic heterocycles. The first kappa shape index (κ1) is 37.8. The quantitative estimate of drug-likeness (QED) is 0.195. The monoisotopic (exact) mass is 779 g/mol. The Morgan fingerprint density at radius 1 is 1.00 bits per heavy atom. The largest absolute Gasteiger partial charge is 0.504 e. The van der Waals surface area contributed by atoms with E-state index in [1.165, 1.54) is 11.1 Å². The molecule has 1 unspecified atom stereocenters. The number of carbonyl (C=O) groups is 2. The Labute approximate surface area is 317 Å². The number of benzene rings is 2. The van der Waals surface area contributed by atoms with E-state index in [9.17, 15) is 37.8 Å². The number of hydrogen-bond donors (Lipinski definition) is 3. The predicted molar refractivity (Wildman–Crippen MR) is 196 cm³/mol. The summed E-state index contributed by atoms with van der Waals surface area (Å²) in [5.41, 5.74) is -0.431. The Morgan fingerprint density at radius 3 is 2.31 bits per heavy atom. The maximum atomic E-state index is 14.6. The molecule has 3 N–H and O–H groups in total. The summed E-state index contributed by atoms with van der Waals surface area (Å²) in [5.74, 6) is -1.38. The summed E-state index contributed by atoms with van der Waals surface area (Å²) in [6.45, 7) is 6.74. The number of aromatic nitrogens is 6. The van der Waals surface area contributed by atoms with Gasteiger partial charge in [0.25, 0.3) is 5.91 Å². The van der Waals surface area contributed by atoms with Crippen molar-refractivity contribution in [1.82, 2.24) is 34.4 Å². The van der Waals surface area contributed by atoms with E-state index >= 15 is 0 Å². The molecule has 2 aromatic carbocycles. The van der Waals surface area contributed by atoms with E-state index < -0.39 is 41.1 Å². The van der Waals surface area contributed by atoms with Crippen molar-refractivity contribution in [3.8, 4) is 11.4 Å². The molecule has 5 aromatic rings. The first-order valence-corrected chi connectivity index (χ1v) is 18.0. The first-order chi connectivity index (χ1) is 26.0. The minimum atomic E-state index is -4.63. The number of nitrogens with zero attached hydrogens (tertiary/aromatic N) is 8. The summed E-state index contributed by atoms with van der Waals surface area (Å²) in [4.78, 5) is 54.8. The minimum absolute atomic E-state index is 0.0325. The number of alkyl halides is 3. The van der Waals surface area contributed by atoms with Crippen LogP contribution in [0.5, 0.6) is 5.75 Å². The molecule has 4 heterocycles. The highest BCUT2D eigenvalue weighted by atomic mass is 35.5. The minimum Gasteiger partial charge on any atom is -0.504 e. The molecule has 2 amide bonds. The van der Waals surface area contributed by atoms with E-state index in [4.69, 9.17) is 11.6 Å². The molecule has 2 aliphatic rings. The molecular weight excluding hydrogens is 743 g/mol. The molecule has 1 aliphatic heterocycles. The molecule has 2 atom stereocenters. The number of amides is 2. The summed E-state index contributed by atoms with van der Waals surface area (Å²) in [7, 11) is 0. The van der Waals surface area contributed by atoms with Crippen LogP contribution >= 0.6 is 11.6 Å². The van der Waals surface area contributed by atoms with Gasteiger partial charge in [0.2, 0.25) is 11.3 Å². The molecule has 0 radical (unpaired) electrons. The van der Waals surface area contributed by atoms with E-state index in [2.05, 4.69) is 25.5 Å². The van der Waals surface area contributed by atoms with Gasteiger partial charge in [-0.05, 0) is 75.9 Å². The second kappa shape index (κ2) is 13.9. The summed E-state index contributed by atoms with van der Waals surface area (Å²) >= 11 is 6.16. The van der Waals surface area contributed by atoms with Crippen LogP contribution < -0.4 is 15.6 Å². The number of aryl methyl sites for hydroxylation is 1. The second-order valence-corrected chi connectivity index (χ2v) is 14.5. The average molecular weight is 780 g/mol. The Kier molecular flexibility index (Phi) is 9.57. The Hall–Kier alpha value is -5.55. The lowest BCUT2D eigenvalue weighted by atomic mass is 9.81. The molecule has 14 nitrogen and oxygen atoms in total. The van der Waals surface area contributed by atoms with Crippen LogP contribution in [0.3, 0.4) is 0 Å². The van der Waals surface area contributed by atoms with E-state index in [-0.39, 0.29) is 70.6 Å². The fourth-order valence-electron chi connectivity index (χ4n) is 7.22. The highest BCUT2D eigenvalue weighted by Gasteiger charge is 2.47. The van der Waals surface area contributed by atoms with Crippen LogP contribution in [0.25, 0.3) is 16.9 Å². The topological polar surface area (TPSA) is 172 Å². The molecule has 1 saturated carbocycles. The van der Waals surface area contributed by atoms with Crippen LogP contribution in [0.1, 0.15) is 66.6 Å². The third kappa shape index (κ3) is 6.86. The number of aliphatic hydroxyl groups is 1. The van der Waals surface area contributed by atoms with E-state index in [0.717, 1.165) is 18.2 Å². The number of nitrogens with one attached hydrogen (secondary N) is 1. The standard InChI is InChI=1S/C37H37ClF3N9O5/c1-5-25-31(47-14-15-48(27-13-12-26(27)47)35(54)30-32(52)19(2)42-18-43-30)33(53)29-34(46-50(45-29)22-9-6-20(7-10-22)36(3,4)55)49(25)17-28(51)44-24-11-8-21(16-23(24)38)37(39,40)41/h6-11,16,18,26-27,52,55H,5,12-15,17H2,1-4H3,(H,44,51)/t26-,27?/m1/s1. The van der Waals surface area contributed by atoms with E-state index in [1.54, 1.807) is 54.5 Å². The van der Waals surface area contributed by atoms with Crippen LogP contribution in [0.15, 0.2) is 53.6 Å². The molecule has 55 heavy (non-hydrogen) atoms. The number of halogens is 4. The van der Waals surface area contributed by atoms with Crippen molar-refractivity contribution in [3.63, 3.8) is 0 Å². The SMILES string of the molecule is CCc1c(N2CCN(C(=O)c3ncnc(C)c3O)C3CC[C@H]32)c(=O)c2nn(-c3ccc(C(C)(C)O)cc3)nc2n1CC(=O)Nc1ccc(C(F)(F)F)cc1Cl. The van der Waals surface area contributed by atoms with Crippen LogP contribution in [0, 0.1) is 6.92 Å². The number of piperazine rings is 1. The normalized spacial score (nSPS) is 17.3. The van der Waals surface area contributed by atoms with Gasteiger partial charge in [-0.2, -0.15) is 13.2 Å². The zero-order valence-corrected chi connectivity index (χ0v) is 31.0. The summed E-state index contributed by atoms with van der Waals surface area (Å²) in [6, 6.07) is 8.82. The molecule has 1 saturated heterocycles. The maximum absolute atomic E-state index is 14.6. The Morgan fingerprint density at radius 2 is 1.69 bits per heavy atom. The van der Waals surface area contributed by atoms with Gasteiger partial charge in [-0.1, -0.05) is 30.7 Å². The number of rotatable bonds is 8. The maximum Gasteiger partial charge on any atom is 0.416 e. The number of hydrogen-bond acceptors (Lipinski definition) is 10. The van der Waals surface area contributed by atoms with Crippen molar-refractivity contribution in [2.45, 2.75) is 77.4 Å². The average Bonchev–Trinajstić information content (AvgIpc) is 3.57. The lowest BCUT2D eigenvalue weighted by Gasteiger charge is -2.54. The van der Waals surface area contributed by atoms with Gasteiger partial charge < -0.3 is 29.9 Å². The number of fused-ring (bicyclic) bond motifs is 2. The van der Waals surface area contributed by atoms with Crippen molar-refractivity contribution < 1.29 is 33.0 Å². The molecule has 288 valence electrons. The Balaban J connectivity index is 1.29. The van der Waals surface area contributed by atoms with Gasteiger partial charge in [0.1, 0.15) is 18.6 Å². The van der Waals surface area contributed by atoms with Gasteiger partial charge in [-0.3, -0.25) is 14.4 Å². The highest BCUT2D eigenvalue weighted by Crippen LogP contribution is 2.39. The Bertz CT molecular complexity index is 2390. The lowest BCUT2D eigenvalue weighted by Crippen LogP contribution is -2.67. The van der Waals surface area contributed by atoms with Gasteiger partial charge in [-0.15, -0.1) is 15.0 Å². The molecular formula is C37H37ClF3N9O5. The van der Waals surface area contributed by atoms with Crippen LogP contribution in [0.2, 0.25) is 5.02 Å². The van der Waals surface area contributed by atoms with Crippen LogP contribution in [0.4, 0.5) is 24.5 Å². The van der Waals surface area contributed by atoms with Crippen molar-refractivity contribution in [3.05, 3.63) is 92.2 Å². The van der Waals surface area contributed by atoms with Gasteiger partial charge in [0.05, 0.1) is 39.3 Å². The molecule has 0 bridgehead atoms. The molecule has 18 heteroatoms. The first-order valence-electron chi connectivity index (χ1n) is 17.6. The molecule has 1 aliphatic carbocycles. The van der Waals surface area contributed by atoms with Crippen molar-refractivity contribution in [2.24, 2.45) is 0 Å². The molecule has 2 fully saturated rings. The van der Waals surface area contributed by atoms with Gasteiger partial charge >= 0.3 is 6.18 Å². The summed E-state index contributed by atoms with van der Waals surface area (Å²) in [6.07, 6.45) is -1.85. The fraction of sp³-hybridized carbons (Fsp3) is 0.378. The summed E-state index contributed by atoms with van der Waals surface area (Å²) < 4.78 is 41.4. The van der Waals surface area contributed by atoms with Gasteiger partial charge in [-0.25, -0.2) is 9.97 Å². The zero-order chi connectivity index (χ0) is 39.6. The summed E-state index contributed by atoms with van der Waals surface area (Å²) in [5, 5.41) is 32.5. The second-order valence-electron chi connectivity index (χ2n) is 14.1. The smallest absolute Gasteiger partial charge is 0.416 e. The van der Waals surface area contributed by atoms with E-state index in [1.807, 2.05) is 11.8 Å².